The molecule has 0 unspecified atom stereocenters. The molecule has 1 saturated heterocycles. The highest BCUT2D eigenvalue weighted by molar-refractivity contribution is 5.78. The number of likely N-dealkylation sites (tertiary alicyclic amines) is 1. The number of aliphatic hydroxyl groups is 1. The predicted molar refractivity (Wildman–Crippen MR) is 105 cm³/mol. The Balaban J connectivity index is 1.45. The summed E-state index contributed by atoms with van der Waals surface area (Å²) in [6.07, 6.45) is 0.428. The number of aliphatic hydroxyl groups excluding tert-OH is 1. The monoisotopic (exact) mass is 360 g/mol. The average Bonchev–Trinajstić information content (AvgIpc) is 3.15. The standard InChI is InChI=1S/C22H24N4O/c1-15-17(10-20(11-23)25(15)2)12-26-13-18(22(27)14-26)9-19-8-7-16-5-3-4-6-21(16)24-19/h3-8,10,18,22,27H,9,12-14H2,1-2H3/t18-,22-/m1/s1. The first-order valence-electron chi connectivity index (χ1n) is 9.35. The summed E-state index contributed by atoms with van der Waals surface area (Å²) in [4.78, 5) is 7.03. The van der Waals surface area contributed by atoms with Gasteiger partial charge >= 0.3 is 0 Å². The lowest BCUT2D eigenvalue weighted by Gasteiger charge is -2.15. The van der Waals surface area contributed by atoms with Gasteiger partial charge in [-0.1, -0.05) is 24.3 Å². The molecule has 1 aliphatic rings. The van der Waals surface area contributed by atoms with E-state index in [0.717, 1.165) is 47.4 Å². The molecule has 0 bridgehead atoms. The first-order chi connectivity index (χ1) is 13.0. The number of nitriles is 1. The van der Waals surface area contributed by atoms with Gasteiger partial charge in [-0.15, -0.1) is 0 Å². The largest absolute Gasteiger partial charge is 0.391 e. The van der Waals surface area contributed by atoms with Crippen LogP contribution in [0.4, 0.5) is 0 Å². The van der Waals surface area contributed by atoms with Crippen LogP contribution >= 0.6 is 0 Å². The van der Waals surface area contributed by atoms with E-state index in [4.69, 9.17) is 4.98 Å². The number of hydrogen-bond donors (Lipinski definition) is 1. The molecule has 1 fully saturated rings. The van der Waals surface area contributed by atoms with Crippen molar-refractivity contribution in [3.05, 3.63) is 65.1 Å². The molecule has 1 N–H and O–H groups in total. The van der Waals surface area contributed by atoms with Crippen LogP contribution in [0, 0.1) is 24.2 Å². The first kappa shape index (κ1) is 17.7. The Morgan fingerprint density at radius 3 is 2.81 bits per heavy atom. The maximum Gasteiger partial charge on any atom is 0.120 e. The van der Waals surface area contributed by atoms with Gasteiger partial charge in [0.05, 0.1) is 11.6 Å². The number of nitrogens with zero attached hydrogens (tertiary/aromatic N) is 4. The molecule has 1 aliphatic heterocycles. The van der Waals surface area contributed by atoms with Gasteiger partial charge in [0.15, 0.2) is 0 Å². The van der Waals surface area contributed by atoms with E-state index in [9.17, 15) is 10.4 Å². The Morgan fingerprint density at radius 1 is 1.22 bits per heavy atom. The van der Waals surface area contributed by atoms with E-state index >= 15 is 0 Å². The van der Waals surface area contributed by atoms with Crippen molar-refractivity contribution < 1.29 is 5.11 Å². The van der Waals surface area contributed by atoms with E-state index in [1.807, 2.05) is 42.8 Å². The summed E-state index contributed by atoms with van der Waals surface area (Å²) < 4.78 is 1.93. The van der Waals surface area contributed by atoms with Gasteiger partial charge < -0.3 is 9.67 Å². The Bertz CT molecular complexity index is 1020. The fraction of sp³-hybridized carbons (Fsp3) is 0.364. The van der Waals surface area contributed by atoms with E-state index in [-0.39, 0.29) is 12.0 Å². The molecular weight excluding hydrogens is 336 g/mol. The first-order valence-corrected chi connectivity index (χ1v) is 9.35. The third kappa shape index (κ3) is 3.46. The summed E-state index contributed by atoms with van der Waals surface area (Å²) >= 11 is 0. The van der Waals surface area contributed by atoms with Crippen LogP contribution in [0.15, 0.2) is 42.5 Å². The van der Waals surface area contributed by atoms with Crippen LogP contribution in [-0.2, 0) is 20.0 Å². The average molecular weight is 360 g/mol. The Morgan fingerprint density at radius 2 is 2.04 bits per heavy atom. The lowest BCUT2D eigenvalue weighted by atomic mass is 9.99. The van der Waals surface area contributed by atoms with Gasteiger partial charge in [0.2, 0.25) is 0 Å². The van der Waals surface area contributed by atoms with Crippen LogP contribution in [0.3, 0.4) is 0 Å². The molecular formula is C22H24N4O. The van der Waals surface area contributed by atoms with Gasteiger partial charge in [0, 0.05) is 49.4 Å². The van der Waals surface area contributed by atoms with Crippen LogP contribution in [0.25, 0.3) is 10.9 Å². The highest BCUT2D eigenvalue weighted by Gasteiger charge is 2.32. The smallest absolute Gasteiger partial charge is 0.120 e. The second-order valence-electron chi connectivity index (χ2n) is 7.53. The normalized spacial score (nSPS) is 20.2. The minimum absolute atomic E-state index is 0.179. The third-order valence-corrected chi connectivity index (χ3v) is 5.76. The molecule has 5 heteroatoms. The second kappa shape index (κ2) is 7.15. The van der Waals surface area contributed by atoms with Crippen molar-refractivity contribution in [1.82, 2.24) is 14.5 Å². The van der Waals surface area contributed by atoms with E-state index in [1.54, 1.807) is 0 Å². The number of hydrogen-bond acceptors (Lipinski definition) is 4. The molecule has 2 atom stereocenters. The lowest BCUT2D eigenvalue weighted by Crippen LogP contribution is -2.21. The molecule has 3 heterocycles. The molecule has 5 nitrogen and oxygen atoms in total. The molecule has 0 radical (unpaired) electrons. The Kier molecular flexibility index (Phi) is 4.69. The summed E-state index contributed by atoms with van der Waals surface area (Å²) in [5, 5.41) is 20.9. The summed E-state index contributed by atoms with van der Waals surface area (Å²) in [5.74, 6) is 0.179. The molecule has 138 valence electrons. The molecule has 2 aromatic heterocycles. The van der Waals surface area contributed by atoms with Crippen molar-refractivity contribution >= 4 is 10.9 Å². The number of rotatable bonds is 4. The fourth-order valence-corrected chi connectivity index (χ4v) is 4.03. The van der Waals surface area contributed by atoms with Gasteiger partial charge in [-0.2, -0.15) is 5.26 Å². The van der Waals surface area contributed by atoms with Crippen molar-refractivity contribution in [1.29, 1.82) is 5.26 Å². The molecule has 1 aromatic carbocycles. The van der Waals surface area contributed by atoms with Crippen molar-refractivity contribution in [2.75, 3.05) is 13.1 Å². The Hall–Kier alpha value is -2.68. The van der Waals surface area contributed by atoms with Crippen LogP contribution in [0.1, 0.15) is 22.6 Å². The third-order valence-electron chi connectivity index (χ3n) is 5.76. The summed E-state index contributed by atoms with van der Waals surface area (Å²) in [6.45, 7) is 4.31. The van der Waals surface area contributed by atoms with Gasteiger partial charge in [-0.25, -0.2) is 0 Å². The quantitative estimate of drug-likeness (QED) is 0.777. The van der Waals surface area contributed by atoms with Gasteiger partial charge in [-0.05, 0) is 37.1 Å². The number of β-amino-alcohol motifs (C(OH)–C–C–N with tert-alkyl or cyclic N) is 1. The molecule has 0 amide bonds. The van der Waals surface area contributed by atoms with E-state index in [2.05, 4.69) is 29.2 Å². The van der Waals surface area contributed by atoms with Crippen molar-refractivity contribution in [2.24, 2.45) is 13.0 Å². The summed E-state index contributed by atoms with van der Waals surface area (Å²) in [5.41, 5.74) is 4.98. The minimum Gasteiger partial charge on any atom is -0.391 e. The maximum absolute atomic E-state index is 10.6. The number of fused-ring (bicyclic) bond motifs is 1. The number of aromatic nitrogens is 2. The number of benzene rings is 1. The zero-order valence-electron chi connectivity index (χ0n) is 15.8. The van der Waals surface area contributed by atoms with Crippen LogP contribution in [0.2, 0.25) is 0 Å². The molecule has 4 rings (SSSR count). The van der Waals surface area contributed by atoms with Crippen LogP contribution < -0.4 is 0 Å². The van der Waals surface area contributed by atoms with E-state index in [1.165, 1.54) is 0 Å². The summed E-state index contributed by atoms with van der Waals surface area (Å²) in [7, 11) is 1.92. The Labute approximate surface area is 159 Å². The molecule has 0 saturated carbocycles. The summed E-state index contributed by atoms with van der Waals surface area (Å²) in [6, 6.07) is 16.5. The SMILES string of the molecule is Cc1c(CN2C[C@@H](Cc3ccc4ccccc4n3)[C@H](O)C2)cc(C#N)n1C. The van der Waals surface area contributed by atoms with E-state index in [0.29, 0.717) is 12.2 Å². The van der Waals surface area contributed by atoms with Crippen molar-refractivity contribution in [2.45, 2.75) is 26.0 Å². The second-order valence-corrected chi connectivity index (χ2v) is 7.53. The molecule has 27 heavy (non-hydrogen) atoms. The minimum atomic E-state index is -0.349. The van der Waals surface area contributed by atoms with Crippen LogP contribution in [0.5, 0.6) is 0 Å². The van der Waals surface area contributed by atoms with Gasteiger partial charge in [-0.3, -0.25) is 9.88 Å². The molecule has 0 aliphatic carbocycles. The van der Waals surface area contributed by atoms with Gasteiger partial charge in [0.1, 0.15) is 11.8 Å². The van der Waals surface area contributed by atoms with Gasteiger partial charge in [0.25, 0.3) is 0 Å². The van der Waals surface area contributed by atoms with Crippen LogP contribution in [-0.4, -0.2) is 38.8 Å². The highest BCUT2D eigenvalue weighted by Crippen LogP contribution is 2.25. The lowest BCUT2D eigenvalue weighted by molar-refractivity contribution is 0.140. The zero-order valence-corrected chi connectivity index (χ0v) is 15.8. The fourth-order valence-electron chi connectivity index (χ4n) is 4.03. The topological polar surface area (TPSA) is 65.1 Å². The molecule has 0 spiro atoms. The molecule has 3 aromatic rings. The highest BCUT2D eigenvalue weighted by atomic mass is 16.3. The predicted octanol–water partition coefficient (Wildman–Crippen LogP) is 2.79. The van der Waals surface area contributed by atoms with E-state index < -0.39 is 0 Å². The van der Waals surface area contributed by atoms with Crippen molar-refractivity contribution in [3.63, 3.8) is 0 Å². The van der Waals surface area contributed by atoms with Crippen molar-refractivity contribution in [3.8, 4) is 6.07 Å². The number of pyridine rings is 1. The zero-order chi connectivity index (χ0) is 19.0. The maximum atomic E-state index is 10.6. The number of para-hydroxylation sites is 1.